The predicted octanol–water partition coefficient (Wildman–Crippen LogP) is 5.71. The van der Waals surface area contributed by atoms with Gasteiger partial charge in [-0.05, 0) is 53.2 Å². The molecule has 0 radical (unpaired) electrons. The molecule has 12 heteroatoms. The number of nitrogens with one attached hydrogen (secondary N) is 2. The molecule has 0 aromatic heterocycles. The van der Waals surface area contributed by atoms with E-state index >= 15 is 0 Å². The quantitative estimate of drug-likeness (QED) is 0.146. The largest absolute Gasteiger partial charge is 0.506 e. The van der Waals surface area contributed by atoms with Gasteiger partial charge in [0.15, 0.2) is 0 Å². The number of alkyl halides is 3. The zero-order valence-corrected chi connectivity index (χ0v) is 19.3. The number of hydrogen-bond acceptors (Lipinski definition) is 6. The molecule has 0 unspecified atom stereocenters. The van der Waals surface area contributed by atoms with E-state index in [1.54, 1.807) is 24.3 Å². The van der Waals surface area contributed by atoms with Gasteiger partial charge in [0.05, 0.1) is 17.6 Å². The second kappa shape index (κ2) is 10.4. The molecule has 0 amide bonds. The number of ether oxygens (including phenoxy) is 1. The third-order valence-corrected chi connectivity index (χ3v) is 5.68. The molecule has 3 N–H and O–H groups in total. The van der Waals surface area contributed by atoms with Gasteiger partial charge >= 0.3 is 5.51 Å². The highest BCUT2D eigenvalue weighted by molar-refractivity contribution is 8.00. The number of aromatic hydroxyl groups is 1. The van der Waals surface area contributed by atoms with Gasteiger partial charge in [-0.2, -0.15) is 13.2 Å². The van der Waals surface area contributed by atoms with Gasteiger partial charge in [0.1, 0.15) is 23.9 Å². The number of benzene rings is 3. The highest BCUT2D eigenvalue weighted by Crippen LogP contribution is 2.37. The molecule has 0 aliphatic carbocycles. The fourth-order valence-electron chi connectivity index (χ4n) is 2.83. The van der Waals surface area contributed by atoms with Crippen molar-refractivity contribution in [3.05, 3.63) is 77.6 Å². The molecule has 6 nitrogen and oxygen atoms in total. The van der Waals surface area contributed by atoms with Crippen LogP contribution in [-0.2, 0) is 23.2 Å². The predicted molar refractivity (Wildman–Crippen MR) is 123 cm³/mol. The Morgan fingerprint density at radius 2 is 1.59 bits per heavy atom. The number of anilines is 2. The number of phenolic OH excluding ortho intramolecular Hbond substituents is 1. The van der Waals surface area contributed by atoms with Gasteiger partial charge in [-0.15, -0.1) is 0 Å². The van der Waals surface area contributed by atoms with Gasteiger partial charge < -0.3 is 15.2 Å². The Labute approximate surface area is 198 Å². The molecular formula is C22H20F4N2O4S2. The first-order chi connectivity index (χ1) is 15.9. The number of phenols is 1. The lowest BCUT2D eigenvalue weighted by atomic mass is 10.1. The normalized spacial score (nSPS) is 11.8. The van der Waals surface area contributed by atoms with Crippen LogP contribution >= 0.6 is 11.8 Å². The Hall–Kier alpha value is -3.12. The molecule has 0 heterocycles. The molecule has 0 aliphatic rings. The third kappa shape index (κ3) is 8.03. The van der Waals surface area contributed by atoms with E-state index in [0.29, 0.717) is 5.75 Å². The van der Waals surface area contributed by atoms with Crippen LogP contribution < -0.4 is 14.8 Å². The Morgan fingerprint density at radius 3 is 2.18 bits per heavy atom. The number of rotatable bonds is 9. The van der Waals surface area contributed by atoms with Crippen molar-refractivity contribution >= 4 is 33.2 Å². The Kier molecular flexibility index (Phi) is 7.82. The lowest BCUT2D eigenvalue weighted by Crippen LogP contribution is -2.10. The van der Waals surface area contributed by atoms with Crippen molar-refractivity contribution in [2.45, 2.75) is 23.6 Å². The van der Waals surface area contributed by atoms with Gasteiger partial charge in [-0.3, -0.25) is 4.72 Å². The van der Waals surface area contributed by atoms with Crippen LogP contribution in [0.15, 0.2) is 65.6 Å². The van der Waals surface area contributed by atoms with Crippen LogP contribution in [0.25, 0.3) is 0 Å². The minimum atomic E-state index is -4.34. The highest BCUT2D eigenvalue weighted by Gasteiger charge is 2.29. The van der Waals surface area contributed by atoms with Gasteiger partial charge in [-0.25, -0.2) is 12.8 Å². The summed E-state index contributed by atoms with van der Waals surface area (Å²) in [6.07, 6.45) is 0.913. The molecule has 3 aromatic rings. The van der Waals surface area contributed by atoms with Gasteiger partial charge in [-0.1, -0.05) is 24.3 Å². The standard InChI is InChI=1S/C22H20F4N2O4S2/c1-34(30,31)28-20-11-19(18(23)10-21(20)29)27-12-14-2-4-15(5-3-14)13-32-16-6-8-17(9-7-16)33-22(24,25)26/h2-11,27-29H,12-13H2,1H3. The topological polar surface area (TPSA) is 87.7 Å². The van der Waals surface area contributed by atoms with E-state index in [1.807, 2.05) is 0 Å². The van der Waals surface area contributed by atoms with Crippen molar-refractivity contribution in [2.75, 3.05) is 16.3 Å². The van der Waals surface area contributed by atoms with Crippen LogP contribution in [-0.4, -0.2) is 25.3 Å². The van der Waals surface area contributed by atoms with Crippen molar-refractivity contribution in [2.24, 2.45) is 0 Å². The summed E-state index contributed by atoms with van der Waals surface area (Å²) in [5, 5.41) is 12.6. The fourth-order valence-corrected chi connectivity index (χ4v) is 3.94. The zero-order chi connectivity index (χ0) is 24.9. The summed E-state index contributed by atoms with van der Waals surface area (Å²) in [5.74, 6) is -0.855. The SMILES string of the molecule is CS(=O)(=O)Nc1cc(NCc2ccc(COc3ccc(SC(F)(F)F)cc3)cc2)c(F)cc1O. The fraction of sp³-hybridized carbons (Fsp3) is 0.182. The molecule has 3 aromatic carbocycles. The van der Waals surface area contributed by atoms with Gasteiger partial charge in [0.25, 0.3) is 0 Å². The van der Waals surface area contributed by atoms with Crippen LogP contribution in [0.5, 0.6) is 11.5 Å². The van der Waals surface area contributed by atoms with Crippen molar-refractivity contribution in [3.8, 4) is 11.5 Å². The van der Waals surface area contributed by atoms with Crippen molar-refractivity contribution < 1.29 is 35.8 Å². The molecule has 34 heavy (non-hydrogen) atoms. The summed E-state index contributed by atoms with van der Waals surface area (Å²) in [6.45, 7) is 0.423. The first-order valence-corrected chi connectivity index (χ1v) is 12.4. The molecule has 0 fully saturated rings. The van der Waals surface area contributed by atoms with E-state index in [1.165, 1.54) is 24.3 Å². The second-order valence-corrected chi connectivity index (χ2v) is 10.1. The number of hydrogen-bond donors (Lipinski definition) is 3. The van der Waals surface area contributed by atoms with Gasteiger partial charge in [0, 0.05) is 17.5 Å². The maximum Gasteiger partial charge on any atom is 0.446 e. The van der Waals surface area contributed by atoms with Crippen molar-refractivity contribution in [1.82, 2.24) is 0 Å². The lowest BCUT2D eigenvalue weighted by molar-refractivity contribution is -0.0328. The summed E-state index contributed by atoms with van der Waals surface area (Å²) in [6, 6.07) is 14.7. The number of thioether (sulfide) groups is 1. The van der Waals surface area contributed by atoms with E-state index in [2.05, 4.69) is 10.0 Å². The van der Waals surface area contributed by atoms with Crippen LogP contribution in [0, 0.1) is 5.82 Å². The molecular weight excluding hydrogens is 496 g/mol. The highest BCUT2D eigenvalue weighted by atomic mass is 32.2. The average molecular weight is 517 g/mol. The van der Waals surface area contributed by atoms with Crippen LogP contribution in [0.3, 0.4) is 0 Å². The van der Waals surface area contributed by atoms with Crippen molar-refractivity contribution in [3.63, 3.8) is 0 Å². The third-order valence-electron chi connectivity index (χ3n) is 4.35. The molecule has 0 spiro atoms. The minimum absolute atomic E-state index is 0.00323. The first-order valence-electron chi connectivity index (χ1n) is 9.68. The lowest BCUT2D eigenvalue weighted by Gasteiger charge is -2.13. The van der Waals surface area contributed by atoms with E-state index in [0.717, 1.165) is 29.5 Å². The Balaban J connectivity index is 1.56. The van der Waals surface area contributed by atoms with Crippen molar-refractivity contribution in [1.29, 1.82) is 0 Å². The summed E-state index contributed by atoms with van der Waals surface area (Å²) >= 11 is -0.195. The Morgan fingerprint density at radius 1 is 0.971 bits per heavy atom. The molecule has 3 rings (SSSR count). The molecule has 0 atom stereocenters. The Bertz CT molecular complexity index is 1230. The van der Waals surface area contributed by atoms with Crippen LogP contribution in [0.4, 0.5) is 28.9 Å². The smallest absolute Gasteiger partial charge is 0.446 e. The molecule has 0 bridgehead atoms. The van der Waals surface area contributed by atoms with Crippen LogP contribution in [0.1, 0.15) is 11.1 Å². The maximum atomic E-state index is 14.1. The molecule has 0 aliphatic heterocycles. The second-order valence-electron chi connectivity index (χ2n) is 7.20. The summed E-state index contributed by atoms with van der Waals surface area (Å²) in [5.41, 5.74) is -2.88. The van der Waals surface area contributed by atoms with E-state index in [4.69, 9.17) is 4.74 Å². The maximum absolute atomic E-state index is 14.1. The molecule has 0 saturated carbocycles. The summed E-state index contributed by atoms with van der Waals surface area (Å²) in [7, 11) is -3.65. The summed E-state index contributed by atoms with van der Waals surface area (Å²) < 4.78 is 81.7. The van der Waals surface area contributed by atoms with E-state index in [9.17, 15) is 31.1 Å². The number of sulfonamides is 1. The van der Waals surface area contributed by atoms with Crippen LogP contribution in [0.2, 0.25) is 0 Å². The monoisotopic (exact) mass is 516 g/mol. The first kappa shape index (κ1) is 25.5. The zero-order valence-electron chi connectivity index (χ0n) is 17.7. The summed E-state index contributed by atoms with van der Waals surface area (Å²) in [4.78, 5) is 0.0704. The molecule has 182 valence electrons. The minimum Gasteiger partial charge on any atom is -0.506 e. The molecule has 0 saturated heterocycles. The number of halogens is 4. The van der Waals surface area contributed by atoms with Gasteiger partial charge in [0.2, 0.25) is 10.0 Å². The van der Waals surface area contributed by atoms with E-state index in [-0.39, 0.29) is 41.2 Å². The van der Waals surface area contributed by atoms with E-state index < -0.39 is 27.1 Å². The average Bonchev–Trinajstić information content (AvgIpc) is 2.73.